The summed E-state index contributed by atoms with van der Waals surface area (Å²) in [5.41, 5.74) is 0. The molecule has 12 heavy (non-hydrogen) atoms. The summed E-state index contributed by atoms with van der Waals surface area (Å²) >= 11 is 0. The third-order valence-corrected chi connectivity index (χ3v) is 1.93. The Balaban J connectivity index is 2.72. The monoisotopic (exact) mass is 180 g/mol. The lowest BCUT2D eigenvalue weighted by Gasteiger charge is -2.22. The van der Waals surface area contributed by atoms with E-state index >= 15 is 0 Å². The highest BCUT2D eigenvalue weighted by Crippen LogP contribution is 2.28. The Bertz CT molecular complexity index is 162. The van der Waals surface area contributed by atoms with Crippen LogP contribution in [0.2, 0.25) is 0 Å². The van der Waals surface area contributed by atoms with Gasteiger partial charge in [-0.15, -0.1) is 0 Å². The van der Waals surface area contributed by atoms with Crippen molar-refractivity contribution in [1.29, 1.82) is 0 Å². The molecule has 1 fully saturated rings. The third-order valence-electron chi connectivity index (χ3n) is 1.93. The lowest BCUT2D eigenvalue weighted by molar-refractivity contribution is -0.248. The number of aliphatic hydroxyl groups excluding tert-OH is 4. The highest BCUT2D eigenvalue weighted by Gasteiger charge is 2.52. The number of hydrogen-bond acceptors (Lipinski definition) is 6. The number of hydrogen-bond donors (Lipinski definition) is 5. The van der Waals surface area contributed by atoms with Gasteiger partial charge in [0.25, 0.3) is 0 Å². The van der Waals surface area contributed by atoms with Gasteiger partial charge in [-0.2, -0.15) is 0 Å². The molecular weight excluding hydrogens is 168 g/mol. The summed E-state index contributed by atoms with van der Waals surface area (Å²) < 4.78 is 4.63. The molecule has 5 N–H and O–H groups in total. The van der Waals surface area contributed by atoms with Crippen LogP contribution in [0.3, 0.4) is 0 Å². The van der Waals surface area contributed by atoms with E-state index in [0.29, 0.717) is 0 Å². The molecule has 6 nitrogen and oxygen atoms in total. The van der Waals surface area contributed by atoms with Crippen LogP contribution >= 0.6 is 0 Å². The van der Waals surface area contributed by atoms with Crippen molar-refractivity contribution in [2.45, 2.75) is 24.1 Å². The minimum Gasteiger partial charge on any atom is -0.394 e. The third kappa shape index (κ3) is 1.33. The average molecular weight is 180 g/mol. The molecule has 3 unspecified atom stereocenters. The second kappa shape index (κ2) is 3.25. The average Bonchev–Trinajstić information content (AvgIpc) is 2.31. The van der Waals surface area contributed by atoms with E-state index < -0.39 is 37.3 Å². The molecule has 72 valence electrons. The molecule has 6 heteroatoms. The van der Waals surface area contributed by atoms with Crippen molar-refractivity contribution in [2.75, 3.05) is 13.2 Å². The standard InChI is InChI=1S/C6H12O6/c7-1-3-4(9)5(10)6(11,2-8)12-3/h3-5,7-11H,1-2H2/t3?,4?,5?,6-/m1/s1. The molecule has 1 aliphatic heterocycles. The summed E-state index contributed by atoms with van der Waals surface area (Å²) in [5.74, 6) is -2.16. The van der Waals surface area contributed by atoms with Gasteiger partial charge in [0.1, 0.15) is 18.3 Å². The number of aliphatic hydroxyl groups is 5. The van der Waals surface area contributed by atoms with E-state index in [-0.39, 0.29) is 0 Å². The van der Waals surface area contributed by atoms with E-state index in [1.54, 1.807) is 0 Å². The van der Waals surface area contributed by atoms with Crippen molar-refractivity contribution in [3.8, 4) is 0 Å². The fraction of sp³-hybridized carbons (Fsp3) is 1.00. The number of rotatable bonds is 2. The minimum atomic E-state index is -2.16. The molecule has 0 amide bonds. The van der Waals surface area contributed by atoms with Crippen LogP contribution in [0.15, 0.2) is 0 Å². The van der Waals surface area contributed by atoms with E-state index in [9.17, 15) is 5.11 Å². The molecule has 1 aliphatic rings. The van der Waals surface area contributed by atoms with Crippen LogP contribution in [-0.2, 0) is 4.74 Å². The van der Waals surface area contributed by atoms with Crippen molar-refractivity contribution in [3.63, 3.8) is 0 Å². The predicted octanol–water partition coefficient (Wildman–Crippen LogP) is -3.22. The Morgan fingerprint density at radius 1 is 1.25 bits per heavy atom. The topological polar surface area (TPSA) is 110 Å². The smallest absolute Gasteiger partial charge is 0.219 e. The zero-order valence-electron chi connectivity index (χ0n) is 6.29. The summed E-state index contributed by atoms with van der Waals surface area (Å²) in [6.45, 7) is -1.36. The van der Waals surface area contributed by atoms with Crippen LogP contribution in [0, 0.1) is 0 Å². The second-order valence-electron chi connectivity index (χ2n) is 2.78. The predicted molar refractivity (Wildman–Crippen MR) is 36.0 cm³/mol. The molecule has 0 bridgehead atoms. The number of ether oxygens (including phenoxy) is 1. The van der Waals surface area contributed by atoms with E-state index in [0.717, 1.165) is 0 Å². The molecule has 0 aromatic carbocycles. The Labute approximate surface area is 68.6 Å². The lowest BCUT2D eigenvalue weighted by atomic mass is 10.1. The maximum atomic E-state index is 9.25. The fourth-order valence-corrected chi connectivity index (χ4v) is 1.15. The van der Waals surface area contributed by atoms with E-state index in [2.05, 4.69) is 4.74 Å². The Morgan fingerprint density at radius 3 is 2.08 bits per heavy atom. The van der Waals surface area contributed by atoms with Crippen LogP contribution in [0.4, 0.5) is 0 Å². The van der Waals surface area contributed by atoms with Gasteiger partial charge >= 0.3 is 0 Å². The molecule has 1 saturated heterocycles. The summed E-state index contributed by atoms with van der Waals surface area (Å²) in [7, 11) is 0. The Morgan fingerprint density at radius 2 is 1.83 bits per heavy atom. The SMILES string of the molecule is OCC1O[C@](O)(CO)C(O)C1O. The van der Waals surface area contributed by atoms with Crippen LogP contribution < -0.4 is 0 Å². The minimum absolute atomic E-state index is 0.527. The largest absolute Gasteiger partial charge is 0.394 e. The summed E-state index contributed by atoms with van der Waals surface area (Å²) in [5, 5.41) is 44.7. The van der Waals surface area contributed by atoms with Gasteiger partial charge in [-0.25, -0.2) is 0 Å². The van der Waals surface area contributed by atoms with E-state index in [1.807, 2.05) is 0 Å². The normalized spacial score (nSPS) is 48.2. The van der Waals surface area contributed by atoms with Gasteiger partial charge in [0.2, 0.25) is 5.79 Å². The van der Waals surface area contributed by atoms with Crippen LogP contribution in [0.25, 0.3) is 0 Å². The molecule has 0 aromatic heterocycles. The molecule has 4 atom stereocenters. The molecule has 1 rings (SSSR count). The van der Waals surface area contributed by atoms with Crippen LogP contribution in [-0.4, -0.2) is 62.8 Å². The van der Waals surface area contributed by atoms with Gasteiger partial charge in [0, 0.05) is 0 Å². The quantitative estimate of drug-likeness (QED) is 0.306. The van der Waals surface area contributed by atoms with Gasteiger partial charge in [-0.1, -0.05) is 0 Å². The van der Waals surface area contributed by atoms with E-state index in [4.69, 9.17) is 20.4 Å². The maximum Gasteiger partial charge on any atom is 0.219 e. The molecule has 1 heterocycles. The molecule has 0 aromatic rings. The van der Waals surface area contributed by atoms with Gasteiger partial charge in [-0.3, -0.25) is 0 Å². The summed E-state index contributed by atoms with van der Waals surface area (Å²) in [6.07, 6.45) is -4.04. The lowest BCUT2D eigenvalue weighted by Crippen LogP contribution is -2.46. The fourth-order valence-electron chi connectivity index (χ4n) is 1.15. The molecule has 0 aliphatic carbocycles. The van der Waals surface area contributed by atoms with Gasteiger partial charge in [-0.05, 0) is 0 Å². The Hall–Kier alpha value is -0.240. The highest BCUT2D eigenvalue weighted by atomic mass is 16.7. The summed E-state index contributed by atoms with van der Waals surface area (Å²) in [6, 6.07) is 0. The molecule has 0 saturated carbocycles. The van der Waals surface area contributed by atoms with E-state index in [1.165, 1.54) is 0 Å². The van der Waals surface area contributed by atoms with Gasteiger partial charge in [0.05, 0.1) is 13.2 Å². The van der Waals surface area contributed by atoms with Crippen LogP contribution in [0.1, 0.15) is 0 Å². The van der Waals surface area contributed by atoms with Gasteiger partial charge < -0.3 is 30.3 Å². The van der Waals surface area contributed by atoms with Gasteiger partial charge in [0.15, 0.2) is 0 Å². The zero-order chi connectivity index (χ0) is 9.35. The molecule has 0 spiro atoms. The van der Waals surface area contributed by atoms with Crippen molar-refractivity contribution >= 4 is 0 Å². The zero-order valence-corrected chi connectivity index (χ0v) is 6.29. The highest BCUT2D eigenvalue weighted by molar-refractivity contribution is 4.94. The van der Waals surface area contributed by atoms with Crippen LogP contribution in [0.5, 0.6) is 0 Å². The van der Waals surface area contributed by atoms with Crippen molar-refractivity contribution in [2.24, 2.45) is 0 Å². The Kier molecular flexibility index (Phi) is 2.67. The van der Waals surface area contributed by atoms with Crippen molar-refractivity contribution in [1.82, 2.24) is 0 Å². The first-order chi connectivity index (χ1) is 5.55. The maximum absolute atomic E-state index is 9.25. The first-order valence-electron chi connectivity index (χ1n) is 3.53. The van der Waals surface area contributed by atoms with Crippen molar-refractivity contribution < 1.29 is 30.3 Å². The second-order valence-corrected chi connectivity index (χ2v) is 2.78. The first kappa shape index (κ1) is 9.85. The molecular formula is C6H12O6. The van der Waals surface area contributed by atoms with Crippen molar-refractivity contribution in [3.05, 3.63) is 0 Å². The molecule has 0 radical (unpaired) electrons. The first-order valence-corrected chi connectivity index (χ1v) is 3.53. The summed E-state index contributed by atoms with van der Waals surface area (Å²) in [4.78, 5) is 0.